The summed E-state index contributed by atoms with van der Waals surface area (Å²) in [6, 6.07) is 15.9. The quantitative estimate of drug-likeness (QED) is 0.478. The van der Waals surface area contributed by atoms with Gasteiger partial charge in [-0.3, -0.25) is 0 Å². The Morgan fingerprint density at radius 1 is 0.857 bits per heavy atom. The van der Waals surface area contributed by atoms with E-state index in [2.05, 4.69) is 0 Å². The molecule has 0 saturated heterocycles. The number of aryl methyl sites for hydroxylation is 4. The minimum absolute atomic E-state index is 0.0698. The Hall–Kier alpha value is -2.68. The lowest BCUT2D eigenvalue weighted by atomic mass is 9.92. The molecule has 0 saturated carbocycles. The highest BCUT2D eigenvalue weighted by Crippen LogP contribution is 2.37. The summed E-state index contributed by atoms with van der Waals surface area (Å²) in [6.07, 6.45) is 0. The molecule has 35 heavy (non-hydrogen) atoms. The summed E-state index contributed by atoms with van der Waals surface area (Å²) in [5.41, 5.74) is 4.93. The molecule has 1 aliphatic heterocycles. The Kier molecular flexibility index (Phi) is 6.83. The van der Waals surface area contributed by atoms with Crippen LogP contribution in [0.25, 0.3) is 0 Å². The van der Waals surface area contributed by atoms with Crippen molar-refractivity contribution >= 4 is 19.9 Å². The first-order chi connectivity index (χ1) is 16.4. The van der Waals surface area contributed by atoms with E-state index in [9.17, 15) is 16.8 Å². The SMILES string of the molecule is COc1ccc2c(c1)C(CS(=O)(=O)c1ccc(C)cc1)CN(S(=O)(=O)c1c(C)cc(C)cc1C)C2. The summed E-state index contributed by atoms with van der Waals surface area (Å²) in [6.45, 7) is 7.69. The van der Waals surface area contributed by atoms with Gasteiger partial charge in [0.2, 0.25) is 10.0 Å². The van der Waals surface area contributed by atoms with Crippen molar-refractivity contribution < 1.29 is 21.6 Å². The first kappa shape index (κ1) is 25.4. The van der Waals surface area contributed by atoms with Crippen molar-refractivity contribution in [2.45, 2.75) is 49.9 Å². The van der Waals surface area contributed by atoms with E-state index in [0.717, 1.165) is 22.3 Å². The zero-order valence-corrected chi connectivity index (χ0v) is 22.3. The standard InChI is InChI=1S/C27H31NO5S2/c1-18-6-10-25(11-7-18)34(29,30)17-23-16-28(15-22-8-9-24(33-5)14-26(22)23)35(31,32)27-20(3)12-19(2)13-21(27)4/h6-14,23H,15-17H2,1-5H3. The van der Waals surface area contributed by atoms with Crippen LogP contribution in [-0.2, 0) is 26.4 Å². The highest BCUT2D eigenvalue weighted by molar-refractivity contribution is 7.91. The molecule has 6 nitrogen and oxygen atoms in total. The average molecular weight is 514 g/mol. The summed E-state index contributed by atoms with van der Waals surface area (Å²) in [5, 5.41) is 0. The zero-order valence-electron chi connectivity index (χ0n) is 20.7. The van der Waals surface area contributed by atoms with E-state index in [4.69, 9.17) is 4.74 Å². The van der Waals surface area contributed by atoms with Crippen LogP contribution in [0.4, 0.5) is 0 Å². The van der Waals surface area contributed by atoms with E-state index in [1.54, 1.807) is 51.3 Å². The summed E-state index contributed by atoms with van der Waals surface area (Å²) in [5.74, 6) is -0.127. The van der Waals surface area contributed by atoms with Crippen molar-refractivity contribution in [3.05, 3.63) is 88.0 Å². The number of nitrogens with zero attached hydrogens (tertiary/aromatic N) is 1. The van der Waals surface area contributed by atoms with E-state index in [-0.39, 0.29) is 23.7 Å². The number of methoxy groups -OCH3 is 1. The van der Waals surface area contributed by atoms with Gasteiger partial charge >= 0.3 is 0 Å². The van der Waals surface area contributed by atoms with Crippen LogP contribution in [0.5, 0.6) is 5.75 Å². The number of sulfonamides is 1. The smallest absolute Gasteiger partial charge is 0.243 e. The number of ether oxygens (including phenoxy) is 1. The lowest BCUT2D eigenvalue weighted by Gasteiger charge is -2.34. The van der Waals surface area contributed by atoms with E-state index >= 15 is 0 Å². The van der Waals surface area contributed by atoms with Gasteiger partial charge < -0.3 is 4.74 Å². The Morgan fingerprint density at radius 3 is 2.09 bits per heavy atom. The Morgan fingerprint density at radius 2 is 1.49 bits per heavy atom. The van der Waals surface area contributed by atoms with Crippen molar-refractivity contribution in [2.75, 3.05) is 19.4 Å². The van der Waals surface area contributed by atoms with Crippen molar-refractivity contribution in [3.8, 4) is 5.75 Å². The molecule has 0 spiro atoms. The number of hydrogen-bond acceptors (Lipinski definition) is 5. The van der Waals surface area contributed by atoms with Gasteiger partial charge in [-0.1, -0.05) is 41.5 Å². The number of sulfone groups is 1. The summed E-state index contributed by atoms with van der Waals surface area (Å²) in [4.78, 5) is 0.526. The van der Waals surface area contributed by atoms with Gasteiger partial charge in [0, 0.05) is 19.0 Å². The molecule has 0 bridgehead atoms. The number of hydrogen-bond donors (Lipinski definition) is 0. The molecule has 0 fully saturated rings. The molecular formula is C27H31NO5S2. The van der Waals surface area contributed by atoms with Gasteiger partial charge in [-0.25, -0.2) is 16.8 Å². The second-order valence-corrected chi connectivity index (χ2v) is 13.3. The van der Waals surface area contributed by atoms with Gasteiger partial charge in [0.1, 0.15) is 5.75 Å². The largest absolute Gasteiger partial charge is 0.497 e. The topological polar surface area (TPSA) is 80.8 Å². The van der Waals surface area contributed by atoms with Crippen molar-refractivity contribution in [1.29, 1.82) is 0 Å². The van der Waals surface area contributed by atoms with Gasteiger partial charge in [0.25, 0.3) is 0 Å². The molecule has 0 radical (unpaired) electrons. The third-order valence-electron chi connectivity index (χ3n) is 6.57. The minimum atomic E-state index is -3.85. The Labute approximate surface area is 208 Å². The molecule has 0 aromatic heterocycles. The van der Waals surface area contributed by atoms with Crippen molar-refractivity contribution in [2.24, 2.45) is 0 Å². The second-order valence-electron chi connectivity index (χ2n) is 9.38. The molecule has 186 valence electrons. The first-order valence-corrected chi connectivity index (χ1v) is 14.6. The molecule has 0 N–H and O–H groups in total. The summed E-state index contributed by atoms with van der Waals surface area (Å²) >= 11 is 0. The molecule has 1 atom stereocenters. The van der Waals surface area contributed by atoms with Gasteiger partial charge in [-0.05, 0) is 74.2 Å². The van der Waals surface area contributed by atoms with Crippen LogP contribution in [0, 0.1) is 27.7 Å². The molecule has 3 aromatic carbocycles. The van der Waals surface area contributed by atoms with Crippen LogP contribution >= 0.6 is 0 Å². The summed E-state index contributed by atoms with van der Waals surface area (Å²) in [7, 11) is -5.95. The average Bonchev–Trinajstić information content (AvgIpc) is 2.78. The molecule has 4 rings (SSSR count). The minimum Gasteiger partial charge on any atom is -0.497 e. The van der Waals surface area contributed by atoms with Crippen LogP contribution in [0.3, 0.4) is 0 Å². The molecule has 0 aliphatic carbocycles. The predicted octanol–water partition coefficient (Wildman–Crippen LogP) is 4.69. The maximum Gasteiger partial charge on any atom is 0.243 e. The number of rotatable bonds is 6. The van der Waals surface area contributed by atoms with E-state index in [1.807, 2.05) is 38.1 Å². The molecule has 1 heterocycles. The highest BCUT2D eigenvalue weighted by atomic mass is 32.2. The number of benzene rings is 3. The van der Waals surface area contributed by atoms with Gasteiger partial charge in [-0.15, -0.1) is 0 Å². The molecule has 1 aliphatic rings. The van der Waals surface area contributed by atoms with Crippen molar-refractivity contribution in [1.82, 2.24) is 4.31 Å². The van der Waals surface area contributed by atoms with Gasteiger partial charge in [-0.2, -0.15) is 4.31 Å². The highest BCUT2D eigenvalue weighted by Gasteiger charge is 2.37. The third-order valence-corrected chi connectivity index (χ3v) is 10.5. The lowest BCUT2D eigenvalue weighted by molar-refractivity contribution is 0.360. The maximum atomic E-state index is 13.8. The van der Waals surface area contributed by atoms with E-state index in [0.29, 0.717) is 21.8 Å². The maximum absolute atomic E-state index is 13.8. The molecule has 8 heteroatoms. The van der Waals surface area contributed by atoms with Crippen LogP contribution in [0.15, 0.2) is 64.4 Å². The van der Waals surface area contributed by atoms with Crippen molar-refractivity contribution in [3.63, 3.8) is 0 Å². The van der Waals surface area contributed by atoms with Crippen LogP contribution in [0.1, 0.15) is 39.3 Å². The normalized spacial score (nSPS) is 16.7. The van der Waals surface area contributed by atoms with Crippen LogP contribution < -0.4 is 4.74 Å². The molecule has 1 unspecified atom stereocenters. The van der Waals surface area contributed by atoms with E-state index < -0.39 is 25.8 Å². The Bertz CT molecular complexity index is 1450. The fourth-order valence-corrected chi connectivity index (χ4v) is 8.39. The van der Waals surface area contributed by atoms with Crippen LogP contribution in [0.2, 0.25) is 0 Å². The molecule has 3 aromatic rings. The molecule has 0 amide bonds. The lowest BCUT2D eigenvalue weighted by Crippen LogP contribution is -2.40. The zero-order chi connectivity index (χ0) is 25.5. The fraction of sp³-hybridized carbons (Fsp3) is 0.333. The molecular weight excluding hydrogens is 482 g/mol. The third kappa shape index (κ3) is 5.01. The predicted molar refractivity (Wildman–Crippen MR) is 137 cm³/mol. The Balaban J connectivity index is 1.78. The van der Waals surface area contributed by atoms with Crippen LogP contribution in [-0.4, -0.2) is 40.5 Å². The van der Waals surface area contributed by atoms with E-state index in [1.165, 1.54) is 4.31 Å². The number of fused-ring (bicyclic) bond motifs is 1. The second kappa shape index (κ2) is 9.41. The monoisotopic (exact) mass is 513 g/mol. The van der Waals surface area contributed by atoms with Gasteiger partial charge in [0.15, 0.2) is 9.84 Å². The van der Waals surface area contributed by atoms with Gasteiger partial charge in [0.05, 0.1) is 22.7 Å². The first-order valence-electron chi connectivity index (χ1n) is 11.5. The fourth-order valence-electron chi connectivity index (χ4n) is 4.96. The summed E-state index contributed by atoms with van der Waals surface area (Å²) < 4.78 is 61.2.